The normalized spacial score (nSPS) is 12.3. The van der Waals surface area contributed by atoms with Gasteiger partial charge < -0.3 is 14.6 Å². The highest BCUT2D eigenvalue weighted by Gasteiger charge is 2.18. The molecule has 0 heterocycles. The van der Waals surface area contributed by atoms with Crippen LogP contribution in [0.3, 0.4) is 0 Å². The Bertz CT molecular complexity index is 297. The third-order valence-electron chi connectivity index (χ3n) is 1.93. The van der Waals surface area contributed by atoms with Gasteiger partial charge in [-0.05, 0) is 5.56 Å². The molecule has 0 aliphatic heterocycles. The van der Waals surface area contributed by atoms with E-state index in [1.165, 1.54) is 7.11 Å². The van der Waals surface area contributed by atoms with E-state index in [0.29, 0.717) is 6.42 Å². The van der Waals surface area contributed by atoms with Gasteiger partial charge in [0.15, 0.2) is 6.10 Å². The molecule has 0 saturated carbocycles. The highest BCUT2D eigenvalue weighted by Crippen LogP contribution is 2.06. The molecule has 1 rings (SSSR count). The zero-order valence-electron chi connectivity index (χ0n) is 8.55. The lowest BCUT2D eigenvalue weighted by Crippen LogP contribution is -2.27. The summed E-state index contributed by atoms with van der Waals surface area (Å²) in [5, 5.41) is 8.88. The molecule has 4 nitrogen and oxygen atoms in total. The topological polar surface area (TPSA) is 55.8 Å². The van der Waals surface area contributed by atoms with Gasteiger partial charge in [-0.1, -0.05) is 30.3 Å². The van der Waals surface area contributed by atoms with Gasteiger partial charge >= 0.3 is 5.97 Å². The summed E-state index contributed by atoms with van der Waals surface area (Å²) in [6, 6.07) is 9.35. The monoisotopic (exact) mass is 210 g/mol. The lowest BCUT2D eigenvalue weighted by Gasteiger charge is -2.12. The third-order valence-corrected chi connectivity index (χ3v) is 1.93. The molecule has 4 heteroatoms. The van der Waals surface area contributed by atoms with Crippen molar-refractivity contribution in [2.75, 3.05) is 13.9 Å². The lowest BCUT2D eigenvalue weighted by atomic mass is 10.1. The first-order valence-electron chi connectivity index (χ1n) is 4.61. The summed E-state index contributed by atoms with van der Waals surface area (Å²) in [7, 11) is 1.46. The van der Waals surface area contributed by atoms with Crippen molar-refractivity contribution in [1.82, 2.24) is 0 Å². The smallest absolute Gasteiger partial charge is 0.333 e. The van der Waals surface area contributed by atoms with Gasteiger partial charge in [-0.2, -0.15) is 0 Å². The van der Waals surface area contributed by atoms with Crippen LogP contribution in [0, 0.1) is 0 Å². The van der Waals surface area contributed by atoms with Crippen LogP contribution in [0.4, 0.5) is 0 Å². The maximum Gasteiger partial charge on any atom is 0.333 e. The highest BCUT2D eigenvalue weighted by molar-refractivity contribution is 5.72. The molecule has 15 heavy (non-hydrogen) atoms. The molecule has 82 valence electrons. The molecule has 0 unspecified atom stereocenters. The first kappa shape index (κ1) is 11.7. The molecule has 0 amide bonds. The molecule has 0 aromatic heterocycles. The van der Waals surface area contributed by atoms with E-state index in [1.54, 1.807) is 0 Å². The first-order chi connectivity index (χ1) is 7.24. The fraction of sp³-hybridized carbons (Fsp3) is 0.364. The number of rotatable bonds is 6. The van der Waals surface area contributed by atoms with Crippen molar-refractivity contribution in [2.45, 2.75) is 12.5 Å². The number of ether oxygens (including phenoxy) is 2. The average molecular weight is 210 g/mol. The molecule has 1 aromatic carbocycles. The first-order valence-corrected chi connectivity index (χ1v) is 4.61. The molecule has 0 saturated heterocycles. The molecule has 0 radical (unpaired) electrons. The van der Waals surface area contributed by atoms with Crippen LogP contribution in [0.2, 0.25) is 0 Å². The standard InChI is InChI=1S/C11H14O4/c1-14-8-15-10(11(12)13)7-9-5-3-2-4-6-9/h2-6,10H,7-8H2,1H3,(H,12,13)/t10-/m0/s1. The maximum absolute atomic E-state index is 10.8. The maximum atomic E-state index is 10.8. The van der Waals surface area contributed by atoms with E-state index >= 15 is 0 Å². The van der Waals surface area contributed by atoms with Crippen molar-refractivity contribution >= 4 is 5.97 Å². The van der Waals surface area contributed by atoms with Gasteiger partial charge in [0.2, 0.25) is 0 Å². The molecule has 0 spiro atoms. The van der Waals surface area contributed by atoms with Crippen LogP contribution in [0.1, 0.15) is 5.56 Å². The summed E-state index contributed by atoms with van der Waals surface area (Å²) in [6.45, 7) is -0.0101. The number of hydrogen-bond donors (Lipinski definition) is 1. The second-order valence-corrected chi connectivity index (χ2v) is 3.09. The quantitative estimate of drug-likeness (QED) is 0.719. The molecular formula is C11H14O4. The molecular weight excluding hydrogens is 196 g/mol. The number of hydrogen-bond acceptors (Lipinski definition) is 3. The highest BCUT2D eigenvalue weighted by atomic mass is 16.7. The van der Waals surface area contributed by atoms with E-state index < -0.39 is 12.1 Å². The summed E-state index contributed by atoms with van der Waals surface area (Å²) < 4.78 is 9.71. The van der Waals surface area contributed by atoms with Crippen molar-refractivity contribution in [3.05, 3.63) is 35.9 Å². The van der Waals surface area contributed by atoms with Crippen LogP contribution in [-0.2, 0) is 20.7 Å². The fourth-order valence-corrected chi connectivity index (χ4v) is 1.20. The number of benzene rings is 1. The van der Waals surface area contributed by atoms with Gasteiger partial charge in [0.1, 0.15) is 6.79 Å². The number of carboxylic acids is 1. The summed E-state index contributed by atoms with van der Waals surface area (Å²) >= 11 is 0. The van der Waals surface area contributed by atoms with Gasteiger partial charge in [0, 0.05) is 13.5 Å². The number of methoxy groups -OCH3 is 1. The Balaban J connectivity index is 2.55. The zero-order chi connectivity index (χ0) is 11.1. The molecule has 1 aromatic rings. The molecule has 1 N–H and O–H groups in total. The molecule has 0 bridgehead atoms. The second kappa shape index (κ2) is 6.16. The molecule has 0 aliphatic rings. The van der Waals surface area contributed by atoms with Gasteiger partial charge in [0.05, 0.1) is 0 Å². The van der Waals surface area contributed by atoms with E-state index in [4.69, 9.17) is 9.84 Å². The van der Waals surface area contributed by atoms with Crippen LogP contribution in [0.25, 0.3) is 0 Å². The van der Waals surface area contributed by atoms with Crippen molar-refractivity contribution in [1.29, 1.82) is 0 Å². The van der Waals surface area contributed by atoms with E-state index in [2.05, 4.69) is 4.74 Å². The SMILES string of the molecule is COCO[C@@H](Cc1ccccc1)C(=O)O. The Hall–Kier alpha value is -1.39. The van der Waals surface area contributed by atoms with Crippen LogP contribution >= 0.6 is 0 Å². The Morgan fingerprint density at radius 3 is 2.60 bits per heavy atom. The van der Waals surface area contributed by atoms with Crippen LogP contribution in [0.5, 0.6) is 0 Å². The van der Waals surface area contributed by atoms with Gasteiger partial charge in [-0.3, -0.25) is 0 Å². The zero-order valence-corrected chi connectivity index (χ0v) is 8.55. The lowest BCUT2D eigenvalue weighted by molar-refractivity contribution is -0.158. The largest absolute Gasteiger partial charge is 0.479 e. The minimum absolute atomic E-state index is 0.0101. The Morgan fingerprint density at radius 1 is 1.40 bits per heavy atom. The number of aliphatic carboxylic acids is 1. The summed E-state index contributed by atoms with van der Waals surface area (Å²) in [5.41, 5.74) is 0.931. The minimum atomic E-state index is -0.976. The average Bonchev–Trinajstić information content (AvgIpc) is 2.25. The van der Waals surface area contributed by atoms with Crippen LogP contribution in [0.15, 0.2) is 30.3 Å². The van der Waals surface area contributed by atoms with E-state index in [0.717, 1.165) is 5.56 Å². The fourth-order valence-electron chi connectivity index (χ4n) is 1.20. The number of carbonyl (C=O) groups is 1. The van der Waals surface area contributed by atoms with Crippen molar-refractivity contribution in [2.24, 2.45) is 0 Å². The van der Waals surface area contributed by atoms with Crippen LogP contribution in [-0.4, -0.2) is 31.1 Å². The van der Waals surface area contributed by atoms with Crippen LogP contribution < -0.4 is 0 Å². The van der Waals surface area contributed by atoms with E-state index in [-0.39, 0.29) is 6.79 Å². The van der Waals surface area contributed by atoms with Gasteiger partial charge in [-0.15, -0.1) is 0 Å². The van der Waals surface area contributed by atoms with Gasteiger partial charge in [0.25, 0.3) is 0 Å². The second-order valence-electron chi connectivity index (χ2n) is 3.09. The molecule has 0 aliphatic carbocycles. The Labute approximate surface area is 88.4 Å². The van der Waals surface area contributed by atoms with E-state index in [1.807, 2.05) is 30.3 Å². The number of carboxylic acid groups (broad SMARTS) is 1. The Kier molecular flexibility index (Phi) is 4.80. The predicted octanol–water partition coefficient (Wildman–Crippen LogP) is 1.30. The van der Waals surface area contributed by atoms with E-state index in [9.17, 15) is 4.79 Å². The van der Waals surface area contributed by atoms with Crippen molar-refractivity contribution in [3.63, 3.8) is 0 Å². The minimum Gasteiger partial charge on any atom is -0.479 e. The van der Waals surface area contributed by atoms with Gasteiger partial charge in [-0.25, -0.2) is 4.79 Å². The summed E-state index contributed by atoms with van der Waals surface area (Å²) in [6.07, 6.45) is -0.508. The third kappa shape index (κ3) is 4.10. The molecule has 1 atom stereocenters. The Morgan fingerprint density at radius 2 is 2.07 bits per heavy atom. The summed E-state index contributed by atoms with van der Waals surface area (Å²) in [4.78, 5) is 10.8. The predicted molar refractivity (Wildman–Crippen MR) is 54.5 cm³/mol. The van der Waals surface area contributed by atoms with Crippen molar-refractivity contribution < 1.29 is 19.4 Å². The summed E-state index contributed by atoms with van der Waals surface area (Å²) in [5.74, 6) is -0.976. The molecule has 0 fully saturated rings. The van der Waals surface area contributed by atoms with Crippen molar-refractivity contribution in [3.8, 4) is 0 Å².